The first-order valence-corrected chi connectivity index (χ1v) is 7.34. The van der Waals surface area contributed by atoms with E-state index in [0.717, 1.165) is 11.4 Å². The smallest absolute Gasteiger partial charge is 0.426 e. The minimum atomic E-state index is -0.978. The molecule has 106 valence electrons. The van der Waals surface area contributed by atoms with E-state index in [9.17, 15) is 10.0 Å². The van der Waals surface area contributed by atoms with E-state index in [1.807, 2.05) is 27.7 Å². The molecule has 2 heterocycles. The first kappa shape index (κ1) is 14.4. The van der Waals surface area contributed by atoms with Gasteiger partial charge in [0.25, 0.3) is 0 Å². The second-order valence-electron chi connectivity index (χ2n) is 5.87. The van der Waals surface area contributed by atoms with Crippen LogP contribution >= 0.6 is 11.3 Å². The molecule has 1 saturated heterocycles. The molecule has 1 aromatic rings. The Morgan fingerprint density at radius 3 is 2.63 bits per heavy atom. The standard InChI is InChI=1S/C12H20N4O2S/c1-5-6-15-7-8-16(18,11(15)17)10-14-13-9(19-10)12(2,3)4/h5-8H2,1-4H3. The molecule has 1 aliphatic rings. The molecule has 1 aromatic heterocycles. The van der Waals surface area contributed by atoms with E-state index in [0.29, 0.717) is 13.1 Å². The minimum Gasteiger partial charge on any atom is -0.616 e. The van der Waals surface area contributed by atoms with Crippen LogP contribution in [0.4, 0.5) is 9.93 Å². The van der Waals surface area contributed by atoms with Gasteiger partial charge in [0, 0.05) is 12.0 Å². The van der Waals surface area contributed by atoms with Crippen molar-refractivity contribution in [3.8, 4) is 0 Å². The van der Waals surface area contributed by atoms with Crippen molar-refractivity contribution >= 4 is 22.5 Å². The van der Waals surface area contributed by atoms with Crippen LogP contribution in [0.2, 0.25) is 0 Å². The Kier molecular flexibility index (Phi) is 3.63. The van der Waals surface area contributed by atoms with E-state index in [4.69, 9.17) is 0 Å². The van der Waals surface area contributed by atoms with Crippen LogP contribution in [0.5, 0.6) is 0 Å². The summed E-state index contributed by atoms with van der Waals surface area (Å²) in [4.78, 5) is 13.8. The number of carbonyl (C=O) groups excluding carboxylic acids is 1. The van der Waals surface area contributed by atoms with Gasteiger partial charge < -0.3 is 5.21 Å². The third kappa shape index (κ3) is 2.50. The number of hydrogen-bond donors (Lipinski definition) is 0. The van der Waals surface area contributed by atoms with Crippen molar-refractivity contribution in [2.45, 2.75) is 39.5 Å². The molecule has 1 fully saturated rings. The molecule has 0 aromatic carbocycles. The lowest BCUT2D eigenvalue weighted by Crippen LogP contribution is -2.47. The summed E-state index contributed by atoms with van der Waals surface area (Å²) < 4.78 is -0.978. The Morgan fingerprint density at radius 1 is 1.42 bits per heavy atom. The average Bonchev–Trinajstić information content (AvgIpc) is 2.90. The minimum absolute atomic E-state index is 0.152. The summed E-state index contributed by atoms with van der Waals surface area (Å²) in [6.07, 6.45) is 0.856. The third-order valence-electron chi connectivity index (χ3n) is 3.12. The van der Waals surface area contributed by atoms with Crippen LogP contribution in [0.25, 0.3) is 0 Å². The van der Waals surface area contributed by atoms with E-state index in [1.54, 1.807) is 4.90 Å². The number of quaternary nitrogens is 1. The van der Waals surface area contributed by atoms with Gasteiger partial charge in [0.2, 0.25) is 0 Å². The van der Waals surface area contributed by atoms with E-state index < -0.39 is 10.7 Å². The maximum atomic E-state index is 12.7. The van der Waals surface area contributed by atoms with Gasteiger partial charge in [-0.1, -0.05) is 32.8 Å². The fraction of sp³-hybridized carbons (Fsp3) is 0.750. The number of aromatic nitrogens is 2. The van der Waals surface area contributed by atoms with Gasteiger partial charge in [-0.3, -0.25) is 4.90 Å². The van der Waals surface area contributed by atoms with E-state index in [-0.39, 0.29) is 17.1 Å². The zero-order valence-corrected chi connectivity index (χ0v) is 12.7. The van der Waals surface area contributed by atoms with Gasteiger partial charge in [-0.25, -0.2) is 9.44 Å². The quantitative estimate of drug-likeness (QED) is 0.631. The van der Waals surface area contributed by atoms with Crippen molar-refractivity contribution in [1.82, 2.24) is 19.7 Å². The first-order valence-electron chi connectivity index (χ1n) is 6.52. The maximum Gasteiger partial charge on any atom is 0.426 e. The largest absolute Gasteiger partial charge is 0.616 e. The molecule has 0 radical (unpaired) electrons. The van der Waals surface area contributed by atoms with Crippen LogP contribution in [0.1, 0.15) is 39.1 Å². The van der Waals surface area contributed by atoms with Crippen LogP contribution in [0.15, 0.2) is 0 Å². The van der Waals surface area contributed by atoms with Crippen LogP contribution in [-0.4, -0.2) is 40.8 Å². The molecule has 0 saturated carbocycles. The molecule has 0 bridgehead atoms. The van der Waals surface area contributed by atoms with E-state index in [2.05, 4.69) is 10.2 Å². The molecule has 0 aliphatic carbocycles. The highest BCUT2D eigenvalue weighted by Gasteiger charge is 2.44. The van der Waals surface area contributed by atoms with Gasteiger partial charge >= 0.3 is 11.2 Å². The summed E-state index contributed by atoms with van der Waals surface area (Å²) in [5, 5.41) is 21.8. The number of carbonyl (C=O) groups is 1. The highest BCUT2D eigenvalue weighted by molar-refractivity contribution is 7.15. The Balaban J connectivity index is 2.26. The number of amides is 2. The Hall–Kier alpha value is -1.05. The lowest BCUT2D eigenvalue weighted by Gasteiger charge is -2.30. The summed E-state index contributed by atoms with van der Waals surface area (Å²) in [6, 6.07) is -0.404. The monoisotopic (exact) mass is 284 g/mol. The zero-order chi connectivity index (χ0) is 14.3. The predicted octanol–water partition coefficient (Wildman–Crippen LogP) is 2.49. The molecule has 1 unspecified atom stereocenters. The van der Waals surface area contributed by atoms with E-state index in [1.165, 1.54) is 11.3 Å². The Morgan fingerprint density at radius 2 is 2.11 bits per heavy atom. The summed E-state index contributed by atoms with van der Waals surface area (Å²) in [7, 11) is 0. The second-order valence-corrected chi connectivity index (χ2v) is 6.83. The second kappa shape index (κ2) is 4.81. The maximum absolute atomic E-state index is 12.7. The molecular weight excluding hydrogens is 264 g/mol. The van der Waals surface area contributed by atoms with Crippen LogP contribution in [-0.2, 0) is 5.41 Å². The molecule has 6 nitrogen and oxygen atoms in total. The van der Waals surface area contributed by atoms with Gasteiger partial charge in [0.1, 0.15) is 11.6 Å². The van der Waals surface area contributed by atoms with Crippen molar-refractivity contribution in [2.75, 3.05) is 19.6 Å². The van der Waals surface area contributed by atoms with Gasteiger partial charge in [-0.15, -0.1) is 5.10 Å². The van der Waals surface area contributed by atoms with Crippen molar-refractivity contribution in [3.63, 3.8) is 0 Å². The van der Waals surface area contributed by atoms with Gasteiger partial charge in [-0.2, -0.15) is 0 Å². The molecule has 1 atom stereocenters. The van der Waals surface area contributed by atoms with Crippen molar-refractivity contribution in [3.05, 3.63) is 10.2 Å². The van der Waals surface area contributed by atoms with Crippen LogP contribution < -0.4 is 4.65 Å². The van der Waals surface area contributed by atoms with Crippen LogP contribution in [0, 0.1) is 5.21 Å². The van der Waals surface area contributed by atoms with Gasteiger partial charge in [0.15, 0.2) is 0 Å². The van der Waals surface area contributed by atoms with Gasteiger partial charge in [-0.05, 0) is 17.8 Å². The highest BCUT2D eigenvalue weighted by Crippen LogP contribution is 2.35. The lowest BCUT2D eigenvalue weighted by atomic mass is 9.98. The number of nitrogens with zero attached hydrogens (tertiary/aromatic N) is 4. The van der Waals surface area contributed by atoms with Crippen molar-refractivity contribution in [2.24, 2.45) is 0 Å². The fourth-order valence-electron chi connectivity index (χ4n) is 2.00. The fourth-order valence-corrected chi connectivity index (χ4v) is 2.96. The summed E-state index contributed by atoms with van der Waals surface area (Å²) in [5.74, 6) is 0. The van der Waals surface area contributed by atoms with Crippen molar-refractivity contribution < 1.29 is 4.79 Å². The van der Waals surface area contributed by atoms with Crippen molar-refractivity contribution in [1.29, 1.82) is 0 Å². The SMILES string of the molecule is CCCN1CC[N+]([O-])(c2nnc(C(C)(C)C)s2)C1=O. The molecule has 2 rings (SSSR count). The van der Waals surface area contributed by atoms with Gasteiger partial charge in [0.05, 0.1) is 6.54 Å². The Bertz CT molecular complexity index is 482. The average molecular weight is 284 g/mol. The molecular formula is C12H20N4O2S. The number of hydrogen-bond acceptors (Lipinski definition) is 5. The normalized spacial score (nSPS) is 24.3. The Labute approximate surface area is 117 Å². The predicted molar refractivity (Wildman–Crippen MR) is 75.9 cm³/mol. The number of hydroxylamine groups is 2. The molecule has 19 heavy (non-hydrogen) atoms. The zero-order valence-electron chi connectivity index (χ0n) is 11.8. The number of rotatable bonds is 3. The molecule has 7 heteroatoms. The topological polar surface area (TPSA) is 69.2 Å². The summed E-state index contributed by atoms with van der Waals surface area (Å²) in [5.41, 5.74) is -0.152. The third-order valence-corrected chi connectivity index (χ3v) is 4.57. The highest BCUT2D eigenvalue weighted by atomic mass is 32.1. The lowest BCUT2D eigenvalue weighted by molar-refractivity contribution is 0.202. The summed E-state index contributed by atoms with van der Waals surface area (Å²) in [6.45, 7) is 9.41. The molecule has 2 amide bonds. The molecule has 0 spiro atoms. The summed E-state index contributed by atoms with van der Waals surface area (Å²) >= 11 is 1.25. The first-order chi connectivity index (χ1) is 8.79. The van der Waals surface area contributed by atoms with E-state index >= 15 is 0 Å². The van der Waals surface area contributed by atoms with Crippen LogP contribution in [0.3, 0.4) is 0 Å². The number of urea groups is 1. The molecule has 0 N–H and O–H groups in total. The molecule has 1 aliphatic heterocycles.